The molecule has 7 nitrogen and oxygen atoms in total. The van der Waals surface area contributed by atoms with Crippen molar-refractivity contribution < 1.29 is 13.2 Å². The molecule has 3 aromatic rings. The summed E-state index contributed by atoms with van der Waals surface area (Å²) in [4.78, 5) is 18.9. The van der Waals surface area contributed by atoms with E-state index in [-0.39, 0.29) is 5.91 Å². The van der Waals surface area contributed by atoms with E-state index in [0.717, 1.165) is 16.7 Å². The van der Waals surface area contributed by atoms with Crippen molar-refractivity contribution in [2.45, 2.75) is 25.3 Å². The Bertz CT molecular complexity index is 1160. The Kier molecular flexibility index (Phi) is 5.93. The van der Waals surface area contributed by atoms with Crippen molar-refractivity contribution in [3.63, 3.8) is 0 Å². The number of aromatic nitrogens is 2. The largest absolute Gasteiger partial charge is 0.336 e. The summed E-state index contributed by atoms with van der Waals surface area (Å²) in [7, 11) is -3.56. The molecule has 2 aromatic carbocycles. The van der Waals surface area contributed by atoms with Gasteiger partial charge in [-0.15, -0.1) is 0 Å². The van der Waals surface area contributed by atoms with E-state index in [1.54, 1.807) is 29.6 Å². The lowest BCUT2D eigenvalue weighted by molar-refractivity contribution is 0.0698. The Balaban J connectivity index is 1.39. The van der Waals surface area contributed by atoms with Crippen molar-refractivity contribution in [3.05, 3.63) is 83.4 Å². The van der Waals surface area contributed by atoms with Crippen LogP contribution in [0.3, 0.4) is 0 Å². The van der Waals surface area contributed by atoms with Crippen LogP contribution in [0.15, 0.2) is 66.1 Å². The Morgan fingerprint density at radius 1 is 0.968 bits per heavy atom. The van der Waals surface area contributed by atoms with Gasteiger partial charge in [-0.05, 0) is 54.8 Å². The van der Waals surface area contributed by atoms with Crippen LogP contribution < -0.4 is 0 Å². The maximum absolute atomic E-state index is 13.0. The molecule has 162 valence electrons. The van der Waals surface area contributed by atoms with E-state index in [0.29, 0.717) is 43.2 Å². The first kappa shape index (κ1) is 21.3. The normalized spacial score (nSPS) is 15.2. The number of benzene rings is 2. The van der Waals surface area contributed by atoms with Crippen LogP contribution in [-0.2, 0) is 16.6 Å². The van der Waals surface area contributed by atoms with Gasteiger partial charge in [0.2, 0.25) is 10.0 Å². The van der Waals surface area contributed by atoms with Crippen LogP contribution >= 0.6 is 0 Å². The zero-order valence-corrected chi connectivity index (χ0v) is 18.5. The van der Waals surface area contributed by atoms with Crippen molar-refractivity contribution in [2.24, 2.45) is 0 Å². The molecule has 4 rings (SSSR count). The van der Waals surface area contributed by atoms with Crippen LogP contribution in [0.2, 0.25) is 0 Å². The van der Waals surface area contributed by atoms with Gasteiger partial charge in [-0.3, -0.25) is 4.79 Å². The first-order valence-electron chi connectivity index (χ1n) is 10.3. The monoisotopic (exact) mass is 438 g/mol. The van der Waals surface area contributed by atoms with Gasteiger partial charge in [0.15, 0.2) is 0 Å². The Labute approximate surface area is 183 Å². The van der Waals surface area contributed by atoms with Gasteiger partial charge in [0, 0.05) is 50.7 Å². The third-order valence-electron chi connectivity index (χ3n) is 5.77. The molecular weight excluding hydrogens is 412 g/mol. The lowest BCUT2D eigenvalue weighted by Crippen LogP contribution is -2.50. The highest BCUT2D eigenvalue weighted by atomic mass is 32.2. The van der Waals surface area contributed by atoms with Crippen LogP contribution in [0.1, 0.15) is 27.0 Å². The molecule has 0 aliphatic carbocycles. The standard InChI is InChI=1S/C23H26N4O3S/c1-18-3-8-22(15-19(18)2)31(29,30)27-13-11-26(12-14-27)23(28)21-6-4-20(5-7-21)16-25-10-9-24-17-25/h3-10,15,17H,11-14,16H2,1-2H3. The first-order valence-corrected chi connectivity index (χ1v) is 11.7. The fourth-order valence-electron chi connectivity index (χ4n) is 3.68. The third-order valence-corrected chi connectivity index (χ3v) is 7.66. The SMILES string of the molecule is Cc1ccc(S(=O)(=O)N2CCN(C(=O)c3ccc(Cn4ccnc4)cc3)CC2)cc1C. The van der Waals surface area contributed by atoms with Gasteiger partial charge in [-0.1, -0.05) is 18.2 Å². The zero-order valence-electron chi connectivity index (χ0n) is 17.7. The summed E-state index contributed by atoms with van der Waals surface area (Å²) in [6.45, 7) is 5.90. The van der Waals surface area contributed by atoms with Crippen molar-refractivity contribution in [1.82, 2.24) is 18.8 Å². The second-order valence-corrected chi connectivity index (χ2v) is 9.81. The number of amides is 1. The van der Waals surface area contributed by atoms with Crippen LogP contribution in [-0.4, -0.2) is 59.3 Å². The van der Waals surface area contributed by atoms with Gasteiger partial charge in [0.1, 0.15) is 0 Å². The number of carbonyl (C=O) groups is 1. The van der Waals surface area contributed by atoms with Crippen molar-refractivity contribution in [1.29, 1.82) is 0 Å². The fraction of sp³-hybridized carbons (Fsp3) is 0.304. The Morgan fingerprint density at radius 3 is 2.29 bits per heavy atom. The number of hydrogen-bond donors (Lipinski definition) is 0. The number of carbonyl (C=O) groups excluding carboxylic acids is 1. The lowest BCUT2D eigenvalue weighted by atomic mass is 10.1. The van der Waals surface area contributed by atoms with Gasteiger partial charge < -0.3 is 9.47 Å². The third kappa shape index (κ3) is 4.55. The molecule has 1 aromatic heterocycles. The molecule has 31 heavy (non-hydrogen) atoms. The summed E-state index contributed by atoms with van der Waals surface area (Å²) in [6.07, 6.45) is 5.38. The summed E-state index contributed by atoms with van der Waals surface area (Å²) in [5.41, 5.74) is 3.70. The maximum Gasteiger partial charge on any atom is 0.253 e. The predicted octanol–water partition coefficient (Wildman–Crippen LogP) is 2.69. The second kappa shape index (κ2) is 8.64. The van der Waals surface area contributed by atoms with Crippen LogP contribution in [0.5, 0.6) is 0 Å². The van der Waals surface area contributed by atoms with E-state index in [9.17, 15) is 13.2 Å². The van der Waals surface area contributed by atoms with Gasteiger partial charge in [0.25, 0.3) is 5.91 Å². The van der Waals surface area contributed by atoms with Gasteiger partial charge in [-0.25, -0.2) is 13.4 Å². The topological polar surface area (TPSA) is 75.5 Å². The van der Waals surface area contributed by atoms with E-state index in [4.69, 9.17) is 0 Å². The van der Waals surface area contributed by atoms with E-state index >= 15 is 0 Å². The van der Waals surface area contributed by atoms with Crippen molar-refractivity contribution >= 4 is 15.9 Å². The number of sulfonamides is 1. The molecule has 0 saturated carbocycles. The van der Waals surface area contributed by atoms with Crippen molar-refractivity contribution in [3.8, 4) is 0 Å². The number of imidazole rings is 1. The molecule has 0 atom stereocenters. The molecule has 0 spiro atoms. The zero-order chi connectivity index (χ0) is 22.0. The minimum atomic E-state index is -3.56. The fourth-order valence-corrected chi connectivity index (χ4v) is 5.19. The van der Waals surface area contributed by atoms with E-state index < -0.39 is 10.0 Å². The number of rotatable bonds is 5. The van der Waals surface area contributed by atoms with Crippen molar-refractivity contribution in [2.75, 3.05) is 26.2 Å². The molecule has 0 unspecified atom stereocenters. The average Bonchev–Trinajstić information content (AvgIpc) is 3.29. The number of piperazine rings is 1. The molecule has 0 bridgehead atoms. The molecule has 1 amide bonds. The Morgan fingerprint density at radius 2 is 1.68 bits per heavy atom. The first-order chi connectivity index (χ1) is 14.8. The molecule has 1 aliphatic heterocycles. The summed E-state index contributed by atoms with van der Waals surface area (Å²) in [5.74, 6) is -0.0718. The summed E-state index contributed by atoms with van der Waals surface area (Å²) in [6, 6.07) is 12.7. The maximum atomic E-state index is 13.0. The molecule has 1 fully saturated rings. The summed E-state index contributed by atoms with van der Waals surface area (Å²) >= 11 is 0. The highest BCUT2D eigenvalue weighted by molar-refractivity contribution is 7.89. The molecule has 8 heteroatoms. The van der Waals surface area contributed by atoms with Crippen LogP contribution in [0.4, 0.5) is 0 Å². The van der Waals surface area contributed by atoms with Crippen LogP contribution in [0, 0.1) is 13.8 Å². The second-order valence-electron chi connectivity index (χ2n) is 7.87. The van der Waals surface area contributed by atoms with Crippen LogP contribution in [0.25, 0.3) is 0 Å². The lowest BCUT2D eigenvalue weighted by Gasteiger charge is -2.34. The summed E-state index contributed by atoms with van der Waals surface area (Å²) < 4.78 is 29.4. The molecule has 0 radical (unpaired) electrons. The smallest absolute Gasteiger partial charge is 0.253 e. The number of aryl methyl sites for hydroxylation is 2. The minimum absolute atomic E-state index is 0.0718. The average molecular weight is 439 g/mol. The van der Waals surface area contributed by atoms with E-state index in [1.165, 1.54) is 4.31 Å². The molecule has 0 N–H and O–H groups in total. The van der Waals surface area contributed by atoms with E-state index in [1.807, 2.05) is 54.9 Å². The van der Waals surface area contributed by atoms with Gasteiger partial charge >= 0.3 is 0 Å². The molecule has 2 heterocycles. The molecule has 1 saturated heterocycles. The molecule has 1 aliphatic rings. The molecular formula is C23H26N4O3S. The predicted molar refractivity (Wildman–Crippen MR) is 118 cm³/mol. The minimum Gasteiger partial charge on any atom is -0.336 e. The van der Waals surface area contributed by atoms with Gasteiger partial charge in [0.05, 0.1) is 11.2 Å². The quantitative estimate of drug-likeness (QED) is 0.614. The summed E-state index contributed by atoms with van der Waals surface area (Å²) in [5, 5.41) is 0. The highest BCUT2D eigenvalue weighted by Gasteiger charge is 2.30. The number of nitrogens with zero attached hydrogens (tertiary/aromatic N) is 4. The Hall–Kier alpha value is -2.97. The number of hydrogen-bond acceptors (Lipinski definition) is 4. The van der Waals surface area contributed by atoms with E-state index in [2.05, 4.69) is 4.98 Å². The highest BCUT2D eigenvalue weighted by Crippen LogP contribution is 2.21. The van der Waals surface area contributed by atoms with Gasteiger partial charge in [-0.2, -0.15) is 4.31 Å².